The van der Waals surface area contributed by atoms with Crippen molar-refractivity contribution in [3.8, 4) is 0 Å². The topological polar surface area (TPSA) is 49.5 Å². The van der Waals surface area contributed by atoms with Gasteiger partial charge in [0.25, 0.3) is 0 Å². The van der Waals surface area contributed by atoms with Crippen molar-refractivity contribution in [3.63, 3.8) is 0 Å². The van der Waals surface area contributed by atoms with Crippen molar-refractivity contribution < 1.29 is 5.11 Å². The van der Waals surface area contributed by atoms with Crippen molar-refractivity contribution in [2.45, 2.75) is 18.9 Å². The highest BCUT2D eigenvalue weighted by molar-refractivity contribution is 9.10. The molecule has 0 aliphatic carbocycles. The molecule has 0 bridgehead atoms. The number of aliphatic hydroxyl groups excluding tert-OH is 1. The van der Waals surface area contributed by atoms with Gasteiger partial charge in [0, 0.05) is 28.8 Å². The molecule has 0 atom stereocenters. The Balaban J connectivity index is 2.30. The standard InChI is InChI=1S/C12H15BrN2OS/c13-8-1-2-10(12(14)17)11(7-8)15-5-3-9(16)4-6-15/h1-2,7,9,16H,3-6H2,(H2,14,17). The number of hydrogen-bond donors (Lipinski definition) is 2. The maximum atomic E-state index is 9.52. The Kier molecular flexibility index (Phi) is 4.01. The SMILES string of the molecule is NC(=S)c1ccc(Br)cc1N1CCC(O)CC1. The first-order valence-electron chi connectivity index (χ1n) is 5.60. The Morgan fingerprint density at radius 3 is 2.65 bits per heavy atom. The van der Waals surface area contributed by atoms with Crippen LogP contribution in [0.1, 0.15) is 18.4 Å². The molecule has 1 heterocycles. The average molecular weight is 315 g/mol. The lowest BCUT2D eigenvalue weighted by atomic mass is 10.1. The summed E-state index contributed by atoms with van der Waals surface area (Å²) in [6, 6.07) is 5.91. The van der Waals surface area contributed by atoms with Gasteiger partial charge in [-0.25, -0.2) is 0 Å². The smallest absolute Gasteiger partial charge is 0.106 e. The number of rotatable bonds is 2. The Hall–Kier alpha value is -0.650. The van der Waals surface area contributed by atoms with Gasteiger partial charge in [-0.3, -0.25) is 0 Å². The molecule has 17 heavy (non-hydrogen) atoms. The van der Waals surface area contributed by atoms with Crippen molar-refractivity contribution in [2.24, 2.45) is 5.73 Å². The molecule has 1 aliphatic rings. The molecule has 1 aliphatic heterocycles. The molecule has 1 fully saturated rings. The van der Waals surface area contributed by atoms with Gasteiger partial charge in [-0.15, -0.1) is 0 Å². The second kappa shape index (κ2) is 5.33. The van der Waals surface area contributed by atoms with Crippen molar-refractivity contribution in [3.05, 3.63) is 28.2 Å². The highest BCUT2D eigenvalue weighted by Gasteiger charge is 2.20. The fourth-order valence-corrected chi connectivity index (χ4v) is 2.60. The van der Waals surface area contributed by atoms with E-state index in [-0.39, 0.29) is 6.10 Å². The predicted molar refractivity (Wildman–Crippen MR) is 77.5 cm³/mol. The fourth-order valence-electron chi connectivity index (χ4n) is 2.08. The van der Waals surface area contributed by atoms with Crippen LogP contribution in [0, 0.1) is 0 Å². The monoisotopic (exact) mass is 314 g/mol. The van der Waals surface area contributed by atoms with Crippen molar-refractivity contribution in [1.82, 2.24) is 0 Å². The van der Waals surface area contributed by atoms with E-state index >= 15 is 0 Å². The van der Waals surface area contributed by atoms with E-state index in [0.29, 0.717) is 4.99 Å². The fraction of sp³-hybridized carbons (Fsp3) is 0.417. The molecule has 1 saturated heterocycles. The summed E-state index contributed by atoms with van der Waals surface area (Å²) >= 11 is 8.54. The van der Waals surface area contributed by atoms with Gasteiger partial charge in [0.05, 0.1) is 6.10 Å². The Morgan fingerprint density at radius 2 is 2.06 bits per heavy atom. The molecule has 0 aromatic heterocycles. The van der Waals surface area contributed by atoms with Crippen molar-refractivity contribution in [1.29, 1.82) is 0 Å². The first-order valence-corrected chi connectivity index (χ1v) is 6.80. The van der Waals surface area contributed by atoms with Gasteiger partial charge in [-0.2, -0.15) is 0 Å². The third-order valence-electron chi connectivity index (χ3n) is 3.03. The minimum atomic E-state index is -0.174. The number of hydrogen-bond acceptors (Lipinski definition) is 3. The quantitative estimate of drug-likeness (QED) is 0.820. The first kappa shape index (κ1) is 12.8. The summed E-state index contributed by atoms with van der Waals surface area (Å²) in [4.78, 5) is 2.64. The molecule has 0 amide bonds. The lowest BCUT2D eigenvalue weighted by Crippen LogP contribution is -2.36. The van der Waals surface area contributed by atoms with Crippen LogP contribution >= 0.6 is 28.1 Å². The zero-order chi connectivity index (χ0) is 12.4. The second-order valence-electron chi connectivity index (χ2n) is 4.24. The van der Waals surface area contributed by atoms with Crippen LogP contribution in [0.2, 0.25) is 0 Å². The number of piperidine rings is 1. The summed E-state index contributed by atoms with van der Waals surface area (Å²) < 4.78 is 1.01. The zero-order valence-corrected chi connectivity index (χ0v) is 11.8. The number of aliphatic hydroxyl groups is 1. The van der Waals surface area contributed by atoms with E-state index in [4.69, 9.17) is 18.0 Å². The van der Waals surface area contributed by atoms with E-state index in [1.807, 2.05) is 18.2 Å². The Labute approximate surface area is 115 Å². The van der Waals surface area contributed by atoms with Gasteiger partial charge >= 0.3 is 0 Å². The largest absolute Gasteiger partial charge is 0.393 e. The van der Waals surface area contributed by atoms with Gasteiger partial charge in [0.15, 0.2) is 0 Å². The van der Waals surface area contributed by atoms with Gasteiger partial charge in [-0.1, -0.05) is 28.1 Å². The average Bonchev–Trinajstić information content (AvgIpc) is 2.29. The predicted octanol–water partition coefficient (Wildman–Crippen LogP) is 2.04. The van der Waals surface area contributed by atoms with Crippen LogP contribution in [0.3, 0.4) is 0 Å². The van der Waals surface area contributed by atoms with E-state index in [9.17, 15) is 5.11 Å². The lowest BCUT2D eigenvalue weighted by Gasteiger charge is -2.32. The summed E-state index contributed by atoms with van der Waals surface area (Å²) in [5.41, 5.74) is 7.70. The molecule has 0 saturated carbocycles. The number of anilines is 1. The molecular formula is C12H15BrN2OS. The van der Waals surface area contributed by atoms with Gasteiger partial charge < -0.3 is 15.7 Å². The molecule has 5 heteroatoms. The van der Waals surface area contributed by atoms with Crippen LogP contribution in [0.4, 0.5) is 5.69 Å². The zero-order valence-electron chi connectivity index (χ0n) is 9.40. The molecule has 0 radical (unpaired) electrons. The highest BCUT2D eigenvalue weighted by atomic mass is 79.9. The van der Waals surface area contributed by atoms with E-state index in [1.54, 1.807) is 0 Å². The summed E-state index contributed by atoms with van der Waals surface area (Å²) in [5, 5.41) is 9.52. The molecule has 0 spiro atoms. The van der Waals surface area contributed by atoms with E-state index in [2.05, 4.69) is 20.8 Å². The summed E-state index contributed by atoms with van der Waals surface area (Å²) in [6.07, 6.45) is 1.42. The van der Waals surface area contributed by atoms with Gasteiger partial charge in [0.2, 0.25) is 0 Å². The highest BCUT2D eigenvalue weighted by Crippen LogP contribution is 2.27. The molecule has 2 rings (SSSR count). The third-order valence-corrected chi connectivity index (χ3v) is 3.74. The van der Waals surface area contributed by atoms with Crippen LogP contribution in [-0.2, 0) is 0 Å². The third kappa shape index (κ3) is 2.97. The molecule has 0 unspecified atom stereocenters. The summed E-state index contributed by atoms with van der Waals surface area (Å²) in [6.45, 7) is 1.68. The number of nitrogens with zero attached hydrogens (tertiary/aromatic N) is 1. The van der Waals surface area contributed by atoms with Crippen LogP contribution < -0.4 is 10.6 Å². The molecular weight excluding hydrogens is 300 g/mol. The first-order chi connectivity index (χ1) is 8.08. The molecule has 92 valence electrons. The Morgan fingerprint density at radius 1 is 1.41 bits per heavy atom. The summed E-state index contributed by atoms with van der Waals surface area (Å²) in [7, 11) is 0. The van der Waals surface area contributed by atoms with Crippen LogP contribution in [0.15, 0.2) is 22.7 Å². The number of thiocarbonyl (C=S) groups is 1. The van der Waals surface area contributed by atoms with Gasteiger partial charge in [-0.05, 0) is 31.0 Å². The maximum absolute atomic E-state index is 9.52. The van der Waals surface area contributed by atoms with Crippen LogP contribution in [-0.4, -0.2) is 29.3 Å². The molecule has 3 N–H and O–H groups in total. The second-order valence-corrected chi connectivity index (χ2v) is 5.60. The van der Waals surface area contributed by atoms with E-state index in [1.165, 1.54) is 0 Å². The van der Waals surface area contributed by atoms with Crippen molar-refractivity contribution in [2.75, 3.05) is 18.0 Å². The normalized spacial score (nSPS) is 17.2. The minimum Gasteiger partial charge on any atom is -0.393 e. The van der Waals surface area contributed by atoms with Crippen LogP contribution in [0.5, 0.6) is 0 Å². The van der Waals surface area contributed by atoms with Gasteiger partial charge in [0.1, 0.15) is 4.99 Å². The van der Waals surface area contributed by atoms with Crippen molar-refractivity contribution >= 4 is 38.8 Å². The minimum absolute atomic E-state index is 0.174. The molecule has 1 aromatic carbocycles. The molecule has 1 aromatic rings. The Bertz CT molecular complexity index is 431. The number of benzene rings is 1. The maximum Gasteiger partial charge on any atom is 0.106 e. The van der Waals surface area contributed by atoms with Crippen LogP contribution in [0.25, 0.3) is 0 Å². The summed E-state index contributed by atoms with van der Waals surface area (Å²) in [5.74, 6) is 0. The number of nitrogens with two attached hydrogens (primary N) is 1. The molecule has 3 nitrogen and oxygen atoms in total. The number of halogens is 1. The lowest BCUT2D eigenvalue weighted by molar-refractivity contribution is 0.145. The van der Waals surface area contributed by atoms with E-state index in [0.717, 1.165) is 41.7 Å². The van der Waals surface area contributed by atoms with E-state index < -0.39 is 0 Å².